The van der Waals surface area contributed by atoms with Crippen LogP contribution in [0.5, 0.6) is 5.75 Å². The molecule has 1 atom stereocenters. The van der Waals surface area contributed by atoms with Crippen molar-refractivity contribution in [3.05, 3.63) is 48.4 Å². The highest BCUT2D eigenvalue weighted by atomic mass is 32.2. The summed E-state index contributed by atoms with van der Waals surface area (Å²) < 4.78 is 23.8. The Morgan fingerprint density at radius 1 is 1.26 bits per heavy atom. The Morgan fingerprint density at radius 2 is 2.22 bits per heavy atom. The molecule has 0 amide bonds. The number of benzene rings is 1. The number of methoxy groups -OCH3 is 1. The molecule has 0 saturated carbocycles. The summed E-state index contributed by atoms with van der Waals surface area (Å²) in [5, 5.41) is 9.69. The van der Waals surface area contributed by atoms with Crippen molar-refractivity contribution >= 4 is 11.8 Å². The van der Waals surface area contributed by atoms with Crippen LogP contribution in [0.2, 0.25) is 0 Å². The smallest absolute Gasteiger partial charge is 0.192 e. The summed E-state index contributed by atoms with van der Waals surface area (Å²) in [5.74, 6) is 3.21. The lowest BCUT2D eigenvalue weighted by Crippen LogP contribution is -2.25. The molecule has 142 valence electrons. The van der Waals surface area contributed by atoms with Gasteiger partial charge in [-0.2, -0.15) is 0 Å². The number of hydrogen-bond donors (Lipinski definition) is 0. The van der Waals surface area contributed by atoms with Crippen LogP contribution >= 0.6 is 11.8 Å². The van der Waals surface area contributed by atoms with Crippen molar-refractivity contribution in [2.24, 2.45) is 0 Å². The maximum atomic E-state index is 5.63. The molecule has 8 heteroatoms. The van der Waals surface area contributed by atoms with Crippen LogP contribution in [0.3, 0.4) is 0 Å². The summed E-state index contributed by atoms with van der Waals surface area (Å²) in [6, 6.07) is 11.6. The van der Waals surface area contributed by atoms with Gasteiger partial charge < -0.3 is 18.6 Å². The van der Waals surface area contributed by atoms with Gasteiger partial charge >= 0.3 is 0 Å². The zero-order valence-corrected chi connectivity index (χ0v) is 15.9. The Bertz CT molecular complexity index is 860. The minimum Gasteiger partial charge on any atom is -0.497 e. The number of ether oxygens (including phenoxy) is 3. The van der Waals surface area contributed by atoms with Crippen LogP contribution in [-0.4, -0.2) is 47.1 Å². The lowest BCUT2D eigenvalue weighted by molar-refractivity contribution is -0.130. The van der Waals surface area contributed by atoms with Gasteiger partial charge in [-0.05, 0) is 30.7 Å². The van der Waals surface area contributed by atoms with E-state index in [2.05, 4.69) is 14.8 Å². The first kappa shape index (κ1) is 18.1. The highest BCUT2D eigenvalue weighted by Gasteiger charge is 2.20. The second-order valence-electron chi connectivity index (χ2n) is 6.12. The van der Waals surface area contributed by atoms with Crippen molar-refractivity contribution in [2.75, 3.05) is 26.3 Å². The van der Waals surface area contributed by atoms with Crippen molar-refractivity contribution in [1.29, 1.82) is 0 Å². The van der Waals surface area contributed by atoms with E-state index < -0.39 is 0 Å². The summed E-state index contributed by atoms with van der Waals surface area (Å²) >= 11 is 1.64. The monoisotopic (exact) mass is 387 g/mol. The third-order valence-electron chi connectivity index (χ3n) is 4.31. The van der Waals surface area contributed by atoms with E-state index in [0.29, 0.717) is 13.3 Å². The Morgan fingerprint density at radius 3 is 3.00 bits per heavy atom. The van der Waals surface area contributed by atoms with Gasteiger partial charge in [-0.3, -0.25) is 4.57 Å². The van der Waals surface area contributed by atoms with Crippen molar-refractivity contribution in [2.45, 2.75) is 24.2 Å². The fraction of sp³-hybridized carbons (Fsp3) is 0.368. The molecule has 3 aromatic rings. The molecule has 7 nitrogen and oxygen atoms in total. The lowest BCUT2D eigenvalue weighted by atomic mass is 10.2. The lowest BCUT2D eigenvalue weighted by Gasteiger charge is -2.22. The summed E-state index contributed by atoms with van der Waals surface area (Å²) in [6.07, 6.45) is 2.73. The van der Waals surface area contributed by atoms with E-state index in [9.17, 15) is 0 Å². The maximum absolute atomic E-state index is 5.63. The first-order chi connectivity index (χ1) is 13.3. The molecule has 1 saturated heterocycles. The van der Waals surface area contributed by atoms with Crippen molar-refractivity contribution in [3.63, 3.8) is 0 Å². The molecule has 1 aliphatic heterocycles. The van der Waals surface area contributed by atoms with Crippen LogP contribution in [0.15, 0.2) is 52.2 Å². The first-order valence-corrected chi connectivity index (χ1v) is 9.74. The number of nitrogens with zero attached hydrogens (tertiary/aromatic N) is 3. The largest absolute Gasteiger partial charge is 0.497 e. The predicted molar refractivity (Wildman–Crippen MR) is 101 cm³/mol. The fourth-order valence-corrected chi connectivity index (χ4v) is 3.88. The molecule has 0 aliphatic carbocycles. The van der Waals surface area contributed by atoms with Gasteiger partial charge in [0.25, 0.3) is 0 Å². The Balaban J connectivity index is 1.60. The van der Waals surface area contributed by atoms with E-state index in [1.54, 1.807) is 25.1 Å². The van der Waals surface area contributed by atoms with Crippen LogP contribution in [0.1, 0.15) is 12.2 Å². The van der Waals surface area contributed by atoms with Crippen molar-refractivity contribution in [1.82, 2.24) is 14.8 Å². The van der Waals surface area contributed by atoms with Gasteiger partial charge in [-0.15, -0.1) is 10.2 Å². The molecule has 1 aliphatic rings. The average Bonchev–Trinajstić information content (AvgIpc) is 3.38. The summed E-state index contributed by atoms with van der Waals surface area (Å²) in [7, 11) is 1.65. The van der Waals surface area contributed by atoms with Crippen LogP contribution in [-0.2, 0) is 16.0 Å². The molecule has 2 aromatic heterocycles. The van der Waals surface area contributed by atoms with Gasteiger partial charge in [0, 0.05) is 11.3 Å². The zero-order chi connectivity index (χ0) is 18.5. The Labute approximate surface area is 161 Å². The van der Waals surface area contributed by atoms with Gasteiger partial charge in [0.1, 0.15) is 18.3 Å². The van der Waals surface area contributed by atoms with E-state index >= 15 is 0 Å². The molecule has 1 fully saturated rings. The van der Waals surface area contributed by atoms with Crippen LogP contribution in [0.4, 0.5) is 0 Å². The van der Waals surface area contributed by atoms with E-state index in [-0.39, 0.29) is 6.10 Å². The number of hydrogen-bond acceptors (Lipinski definition) is 7. The quantitative estimate of drug-likeness (QED) is 0.575. The topological polar surface area (TPSA) is 71.5 Å². The average molecular weight is 387 g/mol. The maximum Gasteiger partial charge on any atom is 0.192 e. The molecule has 27 heavy (non-hydrogen) atoms. The molecule has 1 aromatic carbocycles. The predicted octanol–water partition coefficient (Wildman–Crippen LogP) is 3.45. The number of aromatic nitrogens is 3. The third-order valence-corrected chi connectivity index (χ3v) is 5.41. The highest BCUT2D eigenvalue weighted by molar-refractivity contribution is 7.99. The first-order valence-electron chi connectivity index (χ1n) is 8.75. The van der Waals surface area contributed by atoms with Crippen molar-refractivity contribution in [3.8, 4) is 17.1 Å². The normalized spacial score (nSPS) is 17.1. The van der Waals surface area contributed by atoms with Gasteiger partial charge in [-0.1, -0.05) is 23.9 Å². The number of thioether (sulfide) groups is 1. The van der Waals surface area contributed by atoms with Gasteiger partial charge in [-0.25, -0.2) is 0 Å². The SMILES string of the molecule is COc1cccc(-c2nnc(SC[C@@H]3CCOCO3)n2Cc2ccco2)c1. The molecule has 0 spiro atoms. The van der Waals surface area contributed by atoms with Gasteiger partial charge in [0.2, 0.25) is 0 Å². The molecule has 0 unspecified atom stereocenters. The van der Waals surface area contributed by atoms with Gasteiger partial charge in [0.05, 0.1) is 32.6 Å². The van der Waals surface area contributed by atoms with Gasteiger partial charge in [0.15, 0.2) is 11.0 Å². The minimum atomic E-state index is 0.165. The molecule has 0 bridgehead atoms. The van der Waals surface area contributed by atoms with E-state index in [4.69, 9.17) is 18.6 Å². The second-order valence-corrected chi connectivity index (χ2v) is 7.11. The van der Waals surface area contributed by atoms with E-state index in [1.807, 2.05) is 36.4 Å². The van der Waals surface area contributed by atoms with Crippen LogP contribution < -0.4 is 4.74 Å². The van der Waals surface area contributed by atoms with Crippen molar-refractivity contribution < 1.29 is 18.6 Å². The van der Waals surface area contributed by atoms with E-state index in [0.717, 1.165) is 46.8 Å². The highest BCUT2D eigenvalue weighted by Crippen LogP contribution is 2.28. The van der Waals surface area contributed by atoms with Crippen LogP contribution in [0, 0.1) is 0 Å². The Hall–Kier alpha value is -2.29. The third kappa shape index (κ3) is 4.35. The molecular weight excluding hydrogens is 366 g/mol. The molecule has 0 N–H and O–H groups in total. The molecular formula is C19H21N3O4S. The molecule has 4 rings (SSSR count). The second kappa shape index (κ2) is 8.60. The Kier molecular flexibility index (Phi) is 5.76. The molecule has 3 heterocycles. The van der Waals surface area contributed by atoms with Crippen LogP contribution in [0.25, 0.3) is 11.4 Å². The summed E-state index contributed by atoms with van der Waals surface area (Å²) in [5.41, 5.74) is 0.947. The number of furan rings is 1. The number of rotatable bonds is 7. The summed E-state index contributed by atoms with van der Waals surface area (Å²) in [6.45, 7) is 1.66. The fourth-order valence-electron chi connectivity index (χ4n) is 2.87. The standard InChI is InChI=1S/C19H21N3O4S/c1-23-15-5-2-4-14(10-15)18-20-21-19(22(18)11-16-6-3-8-25-16)27-12-17-7-9-24-13-26-17/h2-6,8,10,17H,7,9,11-13H2,1H3/t17-/m0/s1. The van der Waals surface area contributed by atoms with E-state index in [1.165, 1.54) is 0 Å². The minimum absolute atomic E-state index is 0.165. The zero-order valence-electron chi connectivity index (χ0n) is 15.0. The summed E-state index contributed by atoms with van der Waals surface area (Å²) in [4.78, 5) is 0. The molecule has 0 radical (unpaired) electrons.